The molecular weight excluding hydrogens is 280 g/mol. The molecule has 0 unspecified atom stereocenters. The Morgan fingerprint density at radius 3 is 2.68 bits per heavy atom. The van der Waals surface area contributed by atoms with Gasteiger partial charge in [-0.05, 0) is 24.8 Å². The summed E-state index contributed by atoms with van der Waals surface area (Å²) in [7, 11) is 0. The van der Waals surface area contributed by atoms with E-state index in [0.29, 0.717) is 24.6 Å². The fraction of sp³-hybridized carbons (Fsp3) is 0.588. The smallest absolute Gasteiger partial charge is 0.410 e. The van der Waals surface area contributed by atoms with Crippen LogP contribution in [0.5, 0.6) is 0 Å². The van der Waals surface area contributed by atoms with Crippen LogP contribution < -0.4 is 5.32 Å². The molecule has 1 aromatic rings. The predicted molar refractivity (Wildman–Crippen MR) is 83.3 cm³/mol. The quantitative estimate of drug-likeness (QED) is 0.806. The molecule has 1 aliphatic heterocycles. The maximum Gasteiger partial charge on any atom is 0.410 e. The molecule has 2 fully saturated rings. The average molecular weight is 304 g/mol. The number of amides is 1. The highest BCUT2D eigenvalue weighted by atomic mass is 16.6. The summed E-state index contributed by atoms with van der Waals surface area (Å²) in [5.41, 5.74) is 1.00. The Morgan fingerprint density at radius 2 is 2.05 bits per heavy atom. The zero-order chi connectivity index (χ0) is 15.4. The topological polar surface area (TPSA) is 61.8 Å². The summed E-state index contributed by atoms with van der Waals surface area (Å²) in [4.78, 5) is 13.7. The number of nitrogens with one attached hydrogen (secondary N) is 1. The minimum absolute atomic E-state index is 0.194. The third kappa shape index (κ3) is 3.99. The Bertz CT molecular complexity index is 484. The van der Waals surface area contributed by atoms with E-state index in [1.807, 2.05) is 30.3 Å². The second kappa shape index (κ2) is 7.11. The molecule has 1 aromatic carbocycles. The lowest BCUT2D eigenvalue weighted by molar-refractivity contribution is 0.0339. The van der Waals surface area contributed by atoms with Gasteiger partial charge in [-0.25, -0.2) is 4.79 Å². The molecule has 2 aliphatic rings. The monoisotopic (exact) mass is 304 g/mol. The lowest BCUT2D eigenvalue weighted by Gasteiger charge is -2.43. The summed E-state index contributed by atoms with van der Waals surface area (Å²) in [5.74, 6) is 0.428. The van der Waals surface area contributed by atoms with Crippen molar-refractivity contribution in [2.24, 2.45) is 5.92 Å². The molecule has 1 aliphatic carbocycles. The minimum Gasteiger partial charge on any atom is -0.445 e. The molecule has 120 valence electrons. The van der Waals surface area contributed by atoms with Crippen molar-refractivity contribution >= 4 is 6.09 Å². The van der Waals surface area contributed by atoms with Crippen LogP contribution in [0.25, 0.3) is 0 Å². The molecule has 5 nitrogen and oxygen atoms in total. The molecule has 0 radical (unpaired) electrons. The van der Waals surface area contributed by atoms with Crippen molar-refractivity contribution in [3.63, 3.8) is 0 Å². The van der Waals surface area contributed by atoms with E-state index in [2.05, 4.69) is 5.32 Å². The molecular formula is C17H24N2O3. The highest BCUT2D eigenvalue weighted by Crippen LogP contribution is 2.27. The molecule has 3 rings (SSSR count). The Kier molecular flexibility index (Phi) is 4.95. The van der Waals surface area contributed by atoms with Crippen molar-refractivity contribution in [2.45, 2.75) is 38.0 Å². The molecule has 1 amide bonds. The van der Waals surface area contributed by atoms with Gasteiger partial charge in [-0.3, -0.25) is 0 Å². The largest absolute Gasteiger partial charge is 0.445 e. The van der Waals surface area contributed by atoms with Crippen LogP contribution >= 0.6 is 0 Å². The van der Waals surface area contributed by atoms with E-state index in [4.69, 9.17) is 4.74 Å². The molecule has 2 N–H and O–H groups in total. The van der Waals surface area contributed by atoms with Gasteiger partial charge in [0.05, 0.1) is 0 Å². The lowest BCUT2D eigenvalue weighted by atomic mass is 9.90. The molecule has 1 saturated heterocycles. The Balaban J connectivity index is 1.40. The van der Waals surface area contributed by atoms with Gasteiger partial charge in [0.1, 0.15) is 6.61 Å². The van der Waals surface area contributed by atoms with Crippen LogP contribution in [-0.2, 0) is 11.3 Å². The SMILES string of the molecule is O=C(OCc1ccccc1)N1CC([C@@H](CCO)NC2CC2)C1. The van der Waals surface area contributed by atoms with Crippen LogP contribution in [0.15, 0.2) is 30.3 Å². The van der Waals surface area contributed by atoms with Crippen LogP contribution in [0.4, 0.5) is 4.79 Å². The molecule has 5 heteroatoms. The molecule has 0 spiro atoms. The summed E-state index contributed by atoms with van der Waals surface area (Å²) >= 11 is 0. The second-order valence-electron chi connectivity index (χ2n) is 6.26. The standard InChI is InChI=1S/C17H24N2O3/c20-9-8-16(18-15-6-7-15)14-10-19(11-14)17(21)22-12-13-4-2-1-3-5-13/h1-5,14-16,18,20H,6-12H2/t16-/m1/s1. The summed E-state index contributed by atoms with van der Waals surface area (Å²) in [6, 6.07) is 10.6. The van der Waals surface area contributed by atoms with Crippen LogP contribution in [0.2, 0.25) is 0 Å². The molecule has 1 saturated carbocycles. The van der Waals surface area contributed by atoms with Crippen LogP contribution in [0.3, 0.4) is 0 Å². The summed E-state index contributed by atoms with van der Waals surface area (Å²) < 4.78 is 5.33. The number of carbonyl (C=O) groups is 1. The third-order valence-electron chi connectivity index (χ3n) is 4.41. The number of nitrogens with zero attached hydrogens (tertiary/aromatic N) is 1. The number of hydrogen-bond acceptors (Lipinski definition) is 4. The van der Waals surface area contributed by atoms with Crippen molar-refractivity contribution in [1.82, 2.24) is 10.2 Å². The maximum absolute atomic E-state index is 12.0. The highest BCUT2D eigenvalue weighted by molar-refractivity contribution is 5.68. The van der Waals surface area contributed by atoms with E-state index in [9.17, 15) is 9.90 Å². The van der Waals surface area contributed by atoms with Crippen molar-refractivity contribution in [3.05, 3.63) is 35.9 Å². The van der Waals surface area contributed by atoms with E-state index in [1.165, 1.54) is 12.8 Å². The van der Waals surface area contributed by atoms with Crippen molar-refractivity contribution in [1.29, 1.82) is 0 Å². The highest BCUT2D eigenvalue weighted by Gasteiger charge is 2.38. The zero-order valence-corrected chi connectivity index (χ0v) is 12.8. The number of carbonyl (C=O) groups excluding carboxylic acids is 1. The molecule has 0 bridgehead atoms. The van der Waals surface area contributed by atoms with Gasteiger partial charge in [-0.2, -0.15) is 0 Å². The number of aliphatic hydroxyl groups excluding tert-OH is 1. The van der Waals surface area contributed by atoms with Gasteiger partial charge in [-0.15, -0.1) is 0 Å². The van der Waals surface area contributed by atoms with Gasteiger partial charge >= 0.3 is 6.09 Å². The van der Waals surface area contributed by atoms with E-state index in [1.54, 1.807) is 4.90 Å². The summed E-state index contributed by atoms with van der Waals surface area (Å²) in [6.45, 7) is 1.95. The van der Waals surface area contributed by atoms with Gasteiger partial charge in [0, 0.05) is 37.7 Å². The molecule has 1 heterocycles. The van der Waals surface area contributed by atoms with Crippen molar-refractivity contribution in [2.75, 3.05) is 19.7 Å². The van der Waals surface area contributed by atoms with Crippen LogP contribution in [0.1, 0.15) is 24.8 Å². The first kappa shape index (κ1) is 15.3. The first-order valence-corrected chi connectivity index (χ1v) is 8.09. The Hall–Kier alpha value is -1.59. The van der Waals surface area contributed by atoms with E-state index >= 15 is 0 Å². The fourth-order valence-corrected chi connectivity index (χ4v) is 2.87. The molecule has 1 atom stereocenters. The van der Waals surface area contributed by atoms with Gasteiger partial charge < -0.3 is 20.1 Å². The van der Waals surface area contributed by atoms with Crippen LogP contribution in [-0.4, -0.2) is 47.9 Å². The van der Waals surface area contributed by atoms with Crippen molar-refractivity contribution in [3.8, 4) is 0 Å². The number of ether oxygens (including phenoxy) is 1. The fourth-order valence-electron chi connectivity index (χ4n) is 2.87. The number of hydrogen-bond donors (Lipinski definition) is 2. The lowest BCUT2D eigenvalue weighted by Crippen LogP contribution is -2.58. The predicted octanol–water partition coefficient (Wildman–Crippen LogP) is 1.76. The first-order valence-electron chi connectivity index (χ1n) is 8.09. The maximum atomic E-state index is 12.0. The Morgan fingerprint density at radius 1 is 1.32 bits per heavy atom. The normalized spacial score (nSPS) is 19.6. The number of aliphatic hydroxyl groups is 1. The summed E-state index contributed by atoms with van der Waals surface area (Å²) in [5, 5.41) is 12.8. The number of benzene rings is 1. The van der Waals surface area contributed by atoms with Gasteiger partial charge in [-0.1, -0.05) is 30.3 Å². The summed E-state index contributed by atoms with van der Waals surface area (Å²) in [6.07, 6.45) is 2.98. The average Bonchev–Trinajstić information content (AvgIpc) is 3.29. The number of likely N-dealkylation sites (tertiary alicyclic amines) is 1. The number of rotatable bonds is 7. The van der Waals surface area contributed by atoms with E-state index in [-0.39, 0.29) is 12.7 Å². The minimum atomic E-state index is -0.241. The molecule has 22 heavy (non-hydrogen) atoms. The first-order chi connectivity index (χ1) is 10.8. The van der Waals surface area contributed by atoms with E-state index in [0.717, 1.165) is 25.1 Å². The third-order valence-corrected chi connectivity index (χ3v) is 4.41. The second-order valence-corrected chi connectivity index (χ2v) is 6.26. The zero-order valence-electron chi connectivity index (χ0n) is 12.8. The molecule has 0 aromatic heterocycles. The van der Waals surface area contributed by atoms with E-state index < -0.39 is 0 Å². The van der Waals surface area contributed by atoms with Crippen LogP contribution in [0, 0.1) is 5.92 Å². The Labute approximate surface area is 131 Å². The van der Waals surface area contributed by atoms with Gasteiger partial charge in [0.2, 0.25) is 0 Å². The van der Waals surface area contributed by atoms with Gasteiger partial charge in [0.25, 0.3) is 0 Å². The van der Waals surface area contributed by atoms with Gasteiger partial charge in [0.15, 0.2) is 0 Å². The van der Waals surface area contributed by atoms with Crippen molar-refractivity contribution < 1.29 is 14.6 Å².